The van der Waals surface area contributed by atoms with Crippen LogP contribution in [0.1, 0.15) is 77.7 Å². The van der Waals surface area contributed by atoms with Gasteiger partial charge in [0.15, 0.2) is 17.2 Å². The average molecular weight is 901 g/mol. The van der Waals surface area contributed by atoms with Gasteiger partial charge in [-0.05, 0) is 49.2 Å². The summed E-state index contributed by atoms with van der Waals surface area (Å²) < 4.78 is 55.7. The normalized spacial score (nSPS) is 14.9. The number of imide groups is 2. The van der Waals surface area contributed by atoms with Crippen LogP contribution in [0.2, 0.25) is 0 Å². The molecule has 65 heavy (non-hydrogen) atoms. The quantitative estimate of drug-likeness (QED) is 0.0423. The molecule has 1 saturated heterocycles. The Balaban J connectivity index is 0.838. The Morgan fingerprint density at radius 1 is 0.938 bits per heavy atom. The van der Waals surface area contributed by atoms with Gasteiger partial charge < -0.3 is 35.6 Å². The number of benzene rings is 2. The smallest absolute Gasteiger partial charge is 0.405 e. The molecule has 5 aromatic rings. The molecular formula is C42H39F3N10O10. The van der Waals surface area contributed by atoms with E-state index in [1.165, 1.54) is 35.3 Å². The summed E-state index contributed by atoms with van der Waals surface area (Å²) in [4.78, 5) is 97.6. The number of carbonyl (C=O) groups is 7. The van der Waals surface area contributed by atoms with Gasteiger partial charge in [-0.1, -0.05) is 18.2 Å². The lowest BCUT2D eigenvalue weighted by molar-refractivity contribution is -0.136. The second-order valence-electron chi connectivity index (χ2n) is 14.5. The monoisotopic (exact) mass is 900 g/mol. The number of anilines is 3. The summed E-state index contributed by atoms with van der Waals surface area (Å²) >= 11 is 0. The average Bonchev–Trinajstić information content (AvgIpc) is 4.01. The fourth-order valence-corrected chi connectivity index (χ4v) is 6.87. The Morgan fingerprint density at radius 3 is 2.49 bits per heavy atom. The van der Waals surface area contributed by atoms with E-state index in [-0.39, 0.29) is 96.9 Å². The minimum atomic E-state index is -4.47. The number of ether oxygens (including phenoxy) is 2. The summed E-state index contributed by atoms with van der Waals surface area (Å²) in [5.41, 5.74) is 6.64. The molecule has 2 aromatic carbocycles. The molecular weight excluding hydrogens is 862 g/mol. The van der Waals surface area contributed by atoms with Crippen molar-refractivity contribution in [1.82, 2.24) is 30.0 Å². The number of nitrogens with zero attached hydrogens (tertiary/aromatic N) is 5. The maximum atomic E-state index is 13.3. The zero-order chi connectivity index (χ0) is 46.3. The third kappa shape index (κ3) is 10.9. The molecule has 3 aromatic heterocycles. The van der Waals surface area contributed by atoms with Crippen LogP contribution in [-0.2, 0) is 19.1 Å². The summed E-state index contributed by atoms with van der Waals surface area (Å²) in [6.45, 7) is -0.0284. The van der Waals surface area contributed by atoms with Gasteiger partial charge in [-0.3, -0.25) is 43.8 Å². The molecule has 6 amide bonds. The number of aromatic nitrogens is 4. The standard InChI is InChI=1S/C42H39F3N10O10/c43-42(44,45)22-49-32-19-24(11-12-48-32)39-51-29(21-65-39)37(59)50-28-20-54(53-35(28)36(46)58)25-5-1-4-23(18-25)31(56)8-3-14-63-16-17-64-15-13-47-27-7-2-6-26-34(27)41(62)55(40(26)61)30-9-10-33(57)52-38(30)60/h1-2,4-7,11-12,18-21,30,47H,3,8-10,13-17,22H2,(H2,46,58)(H,48,49)(H,50,59)(H,52,57,60). The number of Topliss-reactive ketones (excluding diaryl/α,β-unsaturated/α-hetero) is 1. The zero-order valence-corrected chi connectivity index (χ0v) is 34.1. The number of amides is 6. The number of carbonyl (C=O) groups excluding carboxylic acids is 7. The van der Waals surface area contributed by atoms with Crippen LogP contribution in [0.4, 0.5) is 30.4 Å². The zero-order valence-electron chi connectivity index (χ0n) is 34.1. The number of alkyl halides is 3. The third-order valence-electron chi connectivity index (χ3n) is 9.94. The molecule has 7 rings (SSSR count). The molecule has 2 aliphatic heterocycles. The highest BCUT2D eigenvalue weighted by Gasteiger charge is 2.45. The summed E-state index contributed by atoms with van der Waals surface area (Å²) in [6, 6.07) is 12.8. The van der Waals surface area contributed by atoms with E-state index in [1.54, 1.807) is 36.4 Å². The van der Waals surface area contributed by atoms with E-state index >= 15 is 0 Å². The number of fused-ring (bicyclic) bond motifs is 1. The van der Waals surface area contributed by atoms with Crippen LogP contribution in [-0.4, -0.2) is 118 Å². The summed E-state index contributed by atoms with van der Waals surface area (Å²) in [7, 11) is 0. The van der Waals surface area contributed by atoms with Crippen molar-refractivity contribution in [2.24, 2.45) is 5.73 Å². The molecule has 0 aliphatic carbocycles. The molecule has 0 radical (unpaired) electrons. The van der Waals surface area contributed by atoms with Crippen molar-refractivity contribution >= 4 is 58.4 Å². The van der Waals surface area contributed by atoms with E-state index in [2.05, 4.69) is 36.3 Å². The molecule has 6 N–H and O–H groups in total. The van der Waals surface area contributed by atoms with Crippen molar-refractivity contribution in [1.29, 1.82) is 0 Å². The lowest BCUT2D eigenvalue weighted by atomic mass is 10.0. The number of primary amides is 1. The van der Waals surface area contributed by atoms with Crippen molar-refractivity contribution in [3.05, 3.63) is 101 Å². The molecule has 338 valence electrons. The molecule has 23 heteroatoms. The van der Waals surface area contributed by atoms with Gasteiger partial charge in [-0.15, -0.1) is 0 Å². The first kappa shape index (κ1) is 45.2. The molecule has 0 spiro atoms. The predicted octanol–water partition coefficient (Wildman–Crippen LogP) is 3.76. The number of nitrogens with two attached hydrogens (primary N) is 1. The van der Waals surface area contributed by atoms with Crippen LogP contribution in [0.3, 0.4) is 0 Å². The van der Waals surface area contributed by atoms with Gasteiger partial charge in [0, 0.05) is 49.0 Å². The number of piperidine rings is 1. The number of halogens is 3. The van der Waals surface area contributed by atoms with Crippen molar-refractivity contribution in [2.75, 3.05) is 55.5 Å². The fraction of sp³-hybridized carbons (Fsp3) is 0.286. The number of hydrogen-bond acceptors (Lipinski definition) is 15. The van der Waals surface area contributed by atoms with Gasteiger partial charge in [-0.2, -0.15) is 18.3 Å². The number of oxazole rings is 1. The van der Waals surface area contributed by atoms with E-state index in [4.69, 9.17) is 19.6 Å². The van der Waals surface area contributed by atoms with Crippen molar-refractivity contribution in [3.63, 3.8) is 0 Å². The topological polar surface area (TPSA) is 272 Å². The van der Waals surface area contributed by atoms with Gasteiger partial charge in [0.25, 0.3) is 23.6 Å². The minimum Gasteiger partial charge on any atom is -0.444 e. The maximum absolute atomic E-state index is 13.3. The van der Waals surface area contributed by atoms with E-state index in [0.717, 1.165) is 11.2 Å². The molecule has 1 fully saturated rings. The first-order valence-electron chi connectivity index (χ1n) is 20.0. The van der Waals surface area contributed by atoms with Gasteiger partial charge in [0.2, 0.25) is 17.7 Å². The van der Waals surface area contributed by atoms with Crippen LogP contribution in [0, 0.1) is 0 Å². The Bertz CT molecular complexity index is 2660. The van der Waals surface area contributed by atoms with Gasteiger partial charge in [-0.25, -0.2) is 14.6 Å². The molecule has 0 bridgehead atoms. The number of pyridine rings is 1. The predicted molar refractivity (Wildman–Crippen MR) is 221 cm³/mol. The molecule has 2 aliphatic rings. The van der Waals surface area contributed by atoms with Gasteiger partial charge >= 0.3 is 6.18 Å². The highest BCUT2D eigenvalue weighted by atomic mass is 19.4. The Kier molecular flexibility index (Phi) is 13.7. The van der Waals surface area contributed by atoms with Crippen LogP contribution in [0.5, 0.6) is 0 Å². The van der Waals surface area contributed by atoms with Crippen molar-refractivity contribution < 1.29 is 60.6 Å². The first-order chi connectivity index (χ1) is 31.2. The fourth-order valence-electron chi connectivity index (χ4n) is 6.87. The third-order valence-corrected chi connectivity index (χ3v) is 9.94. The van der Waals surface area contributed by atoms with E-state index in [1.807, 2.05) is 0 Å². The second kappa shape index (κ2) is 19.7. The molecule has 0 saturated carbocycles. The largest absolute Gasteiger partial charge is 0.444 e. The highest BCUT2D eigenvalue weighted by Crippen LogP contribution is 2.32. The lowest BCUT2D eigenvalue weighted by Gasteiger charge is -2.27. The Labute approximate surface area is 366 Å². The van der Waals surface area contributed by atoms with E-state index in [9.17, 15) is 46.7 Å². The second-order valence-corrected chi connectivity index (χ2v) is 14.5. The Morgan fingerprint density at radius 2 is 1.72 bits per heavy atom. The number of nitrogens with one attached hydrogen (secondary N) is 4. The van der Waals surface area contributed by atoms with Crippen LogP contribution >= 0.6 is 0 Å². The summed E-state index contributed by atoms with van der Waals surface area (Å²) in [6.07, 6.45) is -0.258. The van der Waals surface area contributed by atoms with Crippen molar-refractivity contribution in [2.45, 2.75) is 37.9 Å². The number of rotatable bonds is 20. The van der Waals surface area contributed by atoms with Gasteiger partial charge in [0.1, 0.15) is 24.7 Å². The summed E-state index contributed by atoms with van der Waals surface area (Å²) in [5.74, 6) is -4.50. The number of ketones is 1. The molecule has 1 unspecified atom stereocenters. The van der Waals surface area contributed by atoms with Gasteiger partial charge in [0.05, 0.1) is 48.5 Å². The molecule has 20 nitrogen and oxygen atoms in total. The van der Waals surface area contributed by atoms with Crippen LogP contribution in [0.15, 0.2) is 77.7 Å². The highest BCUT2D eigenvalue weighted by molar-refractivity contribution is 6.25. The first-order valence-corrected chi connectivity index (χ1v) is 20.0. The lowest BCUT2D eigenvalue weighted by Crippen LogP contribution is -2.54. The molecule has 5 heterocycles. The Hall–Kier alpha value is -7.79. The van der Waals surface area contributed by atoms with Crippen molar-refractivity contribution in [3.8, 4) is 17.1 Å². The van der Waals surface area contributed by atoms with E-state index < -0.39 is 54.2 Å². The maximum Gasteiger partial charge on any atom is 0.405 e. The summed E-state index contributed by atoms with van der Waals surface area (Å²) in [5, 5.41) is 14.1. The SMILES string of the molecule is NC(=O)c1nn(-c2cccc(C(=O)CCCOCCOCCNc3cccc4c3C(=O)N(C3CCC(=O)NC3=O)C4=O)c2)cc1NC(=O)c1coc(-c2ccnc(NCC(F)(F)F)c2)n1. The van der Waals surface area contributed by atoms with Crippen LogP contribution < -0.4 is 27.0 Å². The van der Waals surface area contributed by atoms with E-state index in [0.29, 0.717) is 29.9 Å². The minimum absolute atomic E-state index is 0.0207. The molecule has 1 atom stereocenters. The van der Waals surface area contributed by atoms with Crippen LogP contribution in [0.25, 0.3) is 17.1 Å². The number of hydrogen-bond donors (Lipinski definition) is 5.